The van der Waals surface area contributed by atoms with Gasteiger partial charge in [-0.2, -0.15) is 11.8 Å². The average Bonchev–Trinajstić information content (AvgIpc) is 3.01. The van der Waals surface area contributed by atoms with Crippen LogP contribution in [-0.2, 0) is 11.3 Å². The maximum absolute atomic E-state index is 13.7. The minimum atomic E-state index is -1.29. The molecular formula is C35H41N2O4S-. The van der Waals surface area contributed by atoms with Crippen LogP contribution in [0.25, 0.3) is 11.1 Å². The summed E-state index contributed by atoms with van der Waals surface area (Å²) in [6, 6.07) is 21.7. The molecule has 3 aromatic rings. The molecule has 1 saturated carbocycles. The van der Waals surface area contributed by atoms with Crippen molar-refractivity contribution in [2.24, 2.45) is 5.92 Å². The van der Waals surface area contributed by atoms with Crippen LogP contribution in [0, 0.1) is 12.8 Å². The van der Waals surface area contributed by atoms with Crippen LogP contribution in [0.1, 0.15) is 76.8 Å². The van der Waals surface area contributed by atoms with Crippen LogP contribution in [0.15, 0.2) is 72.8 Å². The standard InChI is InChI=1S/C35H42N2O4S/c1-25-11-9-10-16-29(25)31-23-27(17-18-30(31)33(38)36-32(35(40)41)20-22-42-2)24-37(21-19-26-12-5-3-6-13-26)34(39)28-14-7-4-8-15-28/h4,7-11,14-18,23,26,32H,3,5-6,12-13,19-22,24H2,1-2H3,(H,36,38)(H,40,41)/p-1/t32-/m0/s1. The van der Waals surface area contributed by atoms with Gasteiger partial charge in [0.2, 0.25) is 0 Å². The van der Waals surface area contributed by atoms with Gasteiger partial charge in [-0.3, -0.25) is 9.59 Å². The van der Waals surface area contributed by atoms with Crippen molar-refractivity contribution in [1.82, 2.24) is 10.2 Å². The number of nitrogens with zero attached hydrogens (tertiary/aromatic N) is 1. The number of carbonyl (C=O) groups excluding carboxylic acids is 3. The highest BCUT2D eigenvalue weighted by atomic mass is 32.2. The number of thioether (sulfide) groups is 1. The van der Waals surface area contributed by atoms with Gasteiger partial charge in [0, 0.05) is 24.2 Å². The lowest BCUT2D eigenvalue weighted by atomic mass is 9.87. The highest BCUT2D eigenvalue weighted by Crippen LogP contribution is 2.30. The average molecular weight is 586 g/mol. The molecule has 1 aliphatic rings. The summed E-state index contributed by atoms with van der Waals surface area (Å²) in [6.45, 7) is 3.07. The summed E-state index contributed by atoms with van der Waals surface area (Å²) in [5, 5.41) is 14.4. The molecule has 2 amide bonds. The van der Waals surface area contributed by atoms with E-state index < -0.39 is 17.9 Å². The number of nitrogens with one attached hydrogen (secondary N) is 1. The summed E-state index contributed by atoms with van der Waals surface area (Å²) >= 11 is 1.52. The number of aliphatic carboxylic acids is 1. The van der Waals surface area contributed by atoms with Crippen molar-refractivity contribution in [3.8, 4) is 11.1 Å². The molecule has 0 spiro atoms. The lowest BCUT2D eigenvalue weighted by Gasteiger charge is -2.28. The molecule has 0 aliphatic heterocycles. The van der Waals surface area contributed by atoms with Gasteiger partial charge in [-0.15, -0.1) is 0 Å². The van der Waals surface area contributed by atoms with Crippen molar-refractivity contribution in [2.45, 2.75) is 64.5 Å². The Kier molecular flexibility index (Phi) is 11.6. The Labute approximate surface area is 253 Å². The lowest BCUT2D eigenvalue weighted by molar-refractivity contribution is -0.308. The second-order valence-electron chi connectivity index (χ2n) is 11.2. The molecule has 0 radical (unpaired) electrons. The summed E-state index contributed by atoms with van der Waals surface area (Å²) in [5.41, 5.74) is 4.57. The van der Waals surface area contributed by atoms with Crippen molar-refractivity contribution in [2.75, 3.05) is 18.6 Å². The zero-order valence-electron chi connectivity index (χ0n) is 24.6. The number of hydrogen-bond donors (Lipinski definition) is 1. The van der Waals surface area contributed by atoms with Crippen LogP contribution in [0.3, 0.4) is 0 Å². The van der Waals surface area contributed by atoms with E-state index in [1.165, 1.54) is 43.9 Å². The Bertz CT molecular complexity index is 1350. The van der Waals surface area contributed by atoms with Gasteiger partial charge in [-0.05, 0) is 84.2 Å². The quantitative estimate of drug-likeness (QED) is 0.271. The summed E-state index contributed by atoms with van der Waals surface area (Å²) in [6.07, 6.45) is 9.41. The van der Waals surface area contributed by atoms with Crippen LogP contribution in [0.2, 0.25) is 0 Å². The van der Waals surface area contributed by atoms with E-state index in [4.69, 9.17) is 0 Å². The van der Waals surface area contributed by atoms with Gasteiger partial charge in [-0.1, -0.05) is 80.6 Å². The topological polar surface area (TPSA) is 89.5 Å². The minimum absolute atomic E-state index is 0.00346. The molecule has 6 nitrogen and oxygen atoms in total. The third kappa shape index (κ3) is 8.48. The van der Waals surface area contributed by atoms with E-state index in [1.807, 2.05) is 84.8 Å². The zero-order chi connectivity index (χ0) is 29.9. The molecule has 42 heavy (non-hydrogen) atoms. The number of carbonyl (C=O) groups is 3. The molecule has 0 aromatic heterocycles. The van der Waals surface area contributed by atoms with Crippen LogP contribution in [0.4, 0.5) is 0 Å². The zero-order valence-corrected chi connectivity index (χ0v) is 25.5. The molecule has 1 aliphatic carbocycles. The fourth-order valence-electron chi connectivity index (χ4n) is 5.76. The number of amides is 2. The second kappa shape index (κ2) is 15.6. The fourth-order valence-corrected chi connectivity index (χ4v) is 6.23. The van der Waals surface area contributed by atoms with Crippen LogP contribution in [-0.4, -0.2) is 47.3 Å². The molecule has 0 saturated heterocycles. The first-order valence-corrected chi connectivity index (χ1v) is 16.3. The van der Waals surface area contributed by atoms with Crippen molar-refractivity contribution in [1.29, 1.82) is 0 Å². The number of rotatable bonds is 13. The number of carboxylic acid groups (broad SMARTS) is 1. The molecule has 0 heterocycles. The normalized spacial score (nSPS) is 14.2. The van der Waals surface area contributed by atoms with Gasteiger partial charge in [-0.25, -0.2) is 0 Å². The molecule has 3 aromatic carbocycles. The van der Waals surface area contributed by atoms with Crippen molar-refractivity contribution in [3.63, 3.8) is 0 Å². The monoisotopic (exact) mass is 585 g/mol. The van der Waals surface area contributed by atoms with Crippen molar-refractivity contribution in [3.05, 3.63) is 95.1 Å². The Morgan fingerprint density at radius 2 is 1.67 bits per heavy atom. The minimum Gasteiger partial charge on any atom is -0.548 e. The van der Waals surface area contributed by atoms with Gasteiger partial charge in [0.15, 0.2) is 0 Å². The molecule has 1 atom stereocenters. The number of aryl methyl sites for hydroxylation is 1. The first-order chi connectivity index (χ1) is 20.4. The van der Waals surface area contributed by atoms with Gasteiger partial charge in [0.1, 0.15) is 0 Å². The molecule has 0 unspecified atom stereocenters. The van der Waals surface area contributed by atoms with E-state index in [0.717, 1.165) is 23.1 Å². The molecule has 4 rings (SSSR count). The molecule has 7 heteroatoms. The fraction of sp³-hybridized carbons (Fsp3) is 0.400. The highest BCUT2D eigenvalue weighted by Gasteiger charge is 2.22. The van der Waals surface area contributed by atoms with Crippen LogP contribution in [0.5, 0.6) is 0 Å². The first-order valence-electron chi connectivity index (χ1n) is 14.9. The first kappa shape index (κ1) is 31.4. The smallest absolute Gasteiger partial charge is 0.254 e. The maximum Gasteiger partial charge on any atom is 0.254 e. The summed E-state index contributed by atoms with van der Waals surface area (Å²) < 4.78 is 0. The predicted octanol–water partition coefficient (Wildman–Crippen LogP) is 5.88. The van der Waals surface area contributed by atoms with Gasteiger partial charge >= 0.3 is 0 Å². The van der Waals surface area contributed by atoms with E-state index in [9.17, 15) is 19.5 Å². The van der Waals surface area contributed by atoms with E-state index in [-0.39, 0.29) is 12.3 Å². The number of hydrogen-bond acceptors (Lipinski definition) is 5. The van der Waals surface area contributed by atoms with Crippen LogP contribution >= 0.6 is 11.8 Å². The molecular weight excluding hydrogens is 544 g/mol. The van der Waals surface area contributed by atoms with Crippen molar-refractivity contribution >= 4 is 29.5 Å². The van der Waals surface area contributed by atoms with E-state index in [1.54, 1.807) is 6.07 Å². The largest absolute Gasteiger partial charge is 0.548 e. The number of benzene rings is 3. The van der Waals surface area contributed by atoms with E-state index in [2.05, 4.69) is 5.32 Å². The van der Waals surface area contributed by atoms with Gasteiger partial charge in [0.25, 0.3) is 11.8 Å². The molecule has 222 valence electrons. The maximum atomic E-state index is 13.7. The SMILES string of the molecule is CSCC[C@H](NC(=O)c1ccc(CN(CCC2CCCCC2)C(=O)c2ccccc2)cc1-c1ccccc1C)C(=O)[O-]. The molecule has 1 N–H and O–H groups in total. The Morgan fingerprint density at radius 1 is 0.952 bits per heavy atom. The summed E-state index contributed by atoms with van der Waals surface area (Å²) in [5.74, 6) is -0.518. The van der Waals surface area contributed by atoms with E-state index in [0.29, 0.717) is 41.5 Å². The Balaban J connectivity index is 1.65. The summed E-state index contributed by atoms with van der Waals surface area (Å²) in [4.78, 5) is 40.8. The number of carboxylic acids is 1. The second-order valence-corrected chi connectivity index (χ2v) is 12.2. The molecule has 0 bridgehead atoms. The van der Waals surface area contributed by atoms with Crippen molar-refractivity contribution < 1.29 is 19.5 Å². The third-order valence-corrected chi connectivity index (χ3v) is 8.82. The predicted molar refractivity (Wildman–Crippen MR) is 168 cm³/mol. The Morgan fingerprint density at radius 3 is 2.36 bits per heavy atom. The third-order valence-electron chi connectivity index (χ3n) is 8.18. The molecule has 1 fully saturated rings. The van der Waals surface area contributed by atoms with Gasteiger partial charge in [0.05, 0.1) is 12.0 Å². The van der Waals surface area contributed by atoms with Gasteiger partial charge < -0.3 is 20.1 Å². The summed E-state index contributed by atoms with van der Waals surface area (Å²) in [7, 11) is 0. The van der Waals surface area contributed by atoms with Crippen LogP contribution < -0.4 is 10.4 Å². The Hall–Kier alpha value is -3.58. The highest BCUT2D eigenvalue weighted by molar-refractivity contribution is 7.98. The lowest BCUT2D eigenvalue weighted by Crippen LogP contribution is -2.48. The van der Waals surface area contributed by atoms with E-state index >= 15 is 0 Å².